The lowest BCUT2D eigenvalue weighted by Gasteiger charge is -2.39. The first-order chi connectivity index (χ1) is 13.1. The number of aliphatic imine (C=N–C) groups is 1. The standard InChI is InChI=1S/C20H23N5O2/c1-13-6-7-21-15(10-13)18(26)14-4-5-16-17(11-14)25(12-27-3)20-19(24(16)2)22-8-9-23-20/h7-11,13H,4-6,12H2,1-3H3. The monoisotopic (exact) mass is 365 g/mol. The van der Waals surface area contributed by atoms with Crippen LogP contribution in [-0.4, -0.2) is 42.9 Å². The maximum Gasteiger partial charge on any atom is 0.207 e. The van der Waals surface area contributed by atoms with Gasteiger partial charge in [-0.2, -0.15) is 0 Å². The molecule has 0 bridgehead atoms. The molecule has 3 aliphatic rings. The van der Waals surface area contributed by atoms with E-state index in [-0.39, 0.29) is 5.78 Å². The molecular formula is C20H23N5O2. The number of anilines is 2. The van der Waals surface area contributed by atoms with Gasteiger partial charge in [-0.05, 0) is 31.3 Å². The number of hydrogen-bond acceptors (Lipinski definition) is 7. The number of hydrogen-bond donors (Lipinski definition) is 0. The number of ketones is 1. The van der Waals surface area contributed by atoms with Crippen molar-refractivity contribution in [1.82, 2.24) is 9.97 Å². The van der Waals surface area contributed by atoms with Crippen molar-refractivity contribution >= 4 is 23.6 Å². The normalized spacial score (nSPS) is 21.5. The van der Waals surface area contributed by atoms with Crippen molar-refractivity contribution < 1.29 is 9.53 Å². The molecule has 1 aromatic rings. The summed E-state index contributed by atoms with van der Waals surface area (Å²) in [5.74, 6) is 1.88. The molecule has 2 aliphatic heterocycles. The number of fused-ring (bicyclic) bond motifs is 1. The highest BCUT2D eigenvalue weighted by Crippen LogP contribution is 2.40. The van der Waals surface area contributed by atoms with Crippen LogP contribution in [0.5, 0.6) is 0 Å². The summed E-state index contributed by atoms with van der Waals surface area (Å²) in [5, 5.41) is 0. The van der Waals surface area contributed by atoms with Gasteiger partial charge in [0.1, 0.15) is 12.4 Å². The Bertz CT molecular complexity index is 899. The molecule has 0 amide bonds. The molecule has 0 fully saturated rings. The Morgan fingerprint density at radius 3 is 2.78 bits per heavy atom. The van der Waals surface area contributed by atoms with Gasteiger partial charge in [0.25, 0.3) is 0 Å². The molecule has 0 spiro atoms. The van der Waals surface area contributed by atoms with E-state index in [0.29, 0.717) is 24.8 Å². The molecule has 1 atom stereocenters. The van der Waals surface area contributed by atoms with Gasteiger partial charge in [-0.3, -0.25) is 14.7 Å². The number of aromatic nitrogens is 2. The number of ether oxygens (including phenoxy) is 1. The Morgan fingerprint density at radius 1 is 1.26 bits per heavy atom. The van der Waals surface area contributed by atoms with Crippen molar-refractivity contribution in [2.75, 3.05) is 30.7 Å². The number of allylic oxidation sites excluding steroid dienone is 4. The zero-order valence-corrected chi connectivity index (χ0v) is 15.8. The van der Waals surface area contributed by atoms with Crippen molar-refractivity contribution in [1.29, 1.82) is 0 Å². The Morgan fingerprint density at radius 2 is 2.04 bits per heavy atom. The van der Waals surface area contributed by atoms with E-state index in [0.717, 1.165) is 41.4 Å². The third kappa shape index (κ3) is 3.08. The SMILES string of the molecule is COCN1C2=C(CCC(C(=O)C3=CC(C)CC=N3)=C2)N(C)c2nccnc21. The van der Waals surface area contributed by atoms with E-state index in [1.807, 2.05) is 30.3 Å². The Kier molecular flexibility index (Phi) is 4.61. The third-order valence-corrected chi connectivity index (χ3v) is 5.10. The lowest BCUT2D eigenvalue weighted by atomic mass is 9.92. The summed E-state index contributed by atoms with van der Waals surface area (Å²) in [6, 6.07) is 0. The van der Waals surface area contributed by atoms with E-state index in [2.05, 4.69) is 26.8 Å². The molecular weight excluding hydrogens is 342 g/mol. The van der Waals surface area contributed by atoms with Gasteiger partial charge in [-0.25, -0.2) is 9.97 Å². The van der Waals surface area contributed by atoms with Crippen molar-refractivity contribution in [3.63, 3.8) is 0 Å². The average Bonchev–Trinajstić information content (AvgIpc) is 2.70. The maximum absolute atomic E-state index is 13.0. The molecule has 4 rings (SSSR count). The van der Waals surface area contributed by atoms with Crippen molar-refractivity contribution in [2.24, 2.45) is 10.9 Å². The highest BCUT2D eigenvalue weighted by molar-refractivity contribution is 6.09. The van der Waals surface area contributed by atoms with Crippen LogP contribution in [0, 0.1) is 5.92 Å². The first-order valence-electron chi connectivity index (χ1n) is 9.14. The molecule has 1 unspecified atom stereocenters. The first kappa shape index (κ1) is 17.6. The van der Waals surface area contributed by atoms with Crippen LogP contribution in [0.3, 0.4) is 0 Å². The van der Waals surface area contributed by atoms with Crippen LogP contribution < -0.4 is 9.80 Å². The van der Waals surface area contributed by atoms with Gasteiger partial charge in [-0.15, -0.1) is 0 Å². The van der Waals surface area contributed by atoms with Crippen LogP contribution in [0.1, 0.15) is 26.2 Å². The fourth-order valence-electron chi connectivity index (χ4n) is 3.70. The lowest BCUT2D eigenvalue weighted by molar-refractivity contribution is -0.112. The van der Waals surface area contributed by atoms with Crippen molar-refractivity contribution in [3.05, 3.63) is 47.2 Å². The van der Waals surface area contributed by atoms with E-state index in [1.54, 1.807) is 19.5 Å². The zero-order chi connectivity index (χ0) is 19.0. The molecule has 0 saturated heterocycles. The molecule has 0 N–H and O–H groups in total. The minimum absolute atomic E-state index is 0.00862. The number of carbonyl (C=O) groups excluding carboxylic acids is 1. The predicted octanol–water partition coefficient (Wildman–Crippen LogP) is 2.83. The highest BCUT2D eigenvalue weighted by atomic mass is 16.5. The van der Waals surface area contributed by atoms with Crippen LogP contribution in [-0.2, 0) is 9.53 Å². The van der Waals surface area contributed by atoms with Crippen LogP contribution >= 0.6 is 0 Å². The van der Waals surface area contributed by atoms with E-state index >= 15 is 0 Å². The summed E-state index contributed by atoms with van der Waals surface area (Å²) >= 11 is 0. The highest BCUT2D eigenvalue weighted by Gasteiger charge is 2.33. The summed E-state index contributed by atoms with van der Waals surface area (Å²) in [7, 11) is 3.64. The molecule has 140 valence electrons. The molecule has 27 heavy (non-hydrogen) atoms. The average molecular weight is 365 g/mol. The van der Waals surface area contributed by atoms with E-state index in [9.17, 15) is 4.79 Å². The van der Waals surface area contributed by atoms with Gasteiger partial charge in [0.05, 0.1) is 5.70 Å². The number of methoxy groups -OCH3 is 1. The van der Waals surface area contributed by atoms with Crippen LogP contribution in [0.2, 0.25) is 0 Å². The molecule has 7 nitrogen and oxygen atoms in total. The van der Waals surface area contributed by atoms with Crippen LogP contribution in [0.25, 0.3) is 0 Å². The molecule has 0 aromatic carbocycles. The second-order valence-electron chi connectivity index (χ2n) is 7.02. The maximum atomic E-state index is 13.0. The number of rotatable bonds is 4. The molecule has 3 heterocycles. The molecule has 1 aromatic heterocycles. The third-order valence-electron chi connectivity index (χ3n) is 5.10. The Hall–Kier alpha value is -2.80. The van der Waals surface area contributed by atoms with Gasteiger partial charge < -0.3 is 9.64 Å². The summed E-state index contributed by atoms with van der Waals surface area (Å²) in [4.78, 5) is 30.3. The summed E-state index contributed by atoms with van der Waals surface area (Å²) in [5.41, 5.74) is 3.38. The summed E-state index contributed by atoms with van der Waals surface area (Å²) in [6.45, 7) is 2.44. The van der Waals surface area contributed by atoms with Gasteiger partial charge in [0, 0.05) is 44.0 Å². The van der Waals surface area contributed by atoms with Gasteiger partial charge in [0.2, 0.25) is 5.78 Å². The van der Waals surface area contributed by atoms with Crippen molar-refractivity contribution in [2.45, 2.75) is 26.2 Å². The van der Waals surface area contributed by atoms with Gasteiger partial charge >= 0.3 is 0 Å². The van der Waals surface area contributed by atoms with Crippen LogP contribution in [0.4, 0.5) is 11.6 Å². The molecule has 0 radical (unpaired) electrons. The summed E-state index contributed by atoms with van der Waals surface area (Å²) < 4.78 is 5.40. The van der Waals surface area contributed by atoms with Crippen molar-refractivity contribution in [3.8, 4) is 0 Å². The second kappa shape index (κ2) is 7.08. The smallest absolute Gasteiger partial charge is 0.207 e. The zero-order valence-electron chi connectivity index (χ0n) is 15.8. The van der Waals surface area contributed by atoms with E-state index < -0.39 is 0 Å². The number of nitrogens with zero attached hydrogens (tertiary/aromatic N) is 5. The van der Waals surface area contributed by atoms with E-state index in [4.69, 9.17) is 4.74 Å². The second-order valence-corrected chi connectivity index (χ2v) is 7.02. The molecule has 7 heteroatoms. The van der Waals surface area contributed by atoms with Crippen LogP contribution in [0.15, 0.2) is 52.2 Å². The topological polar surface area (TPSA) is 70.9 Å². The molecule has 1 aliphatic carbocycles. The lowest BCUT2D eigenvalue weighted by Crippen LogP contribution is -2.38. The summed E-state index contributed by atoms with van der Waals surface area (Å²) in [6.07, 6.45) is 11.4. The fourth-order valence-corrected chi connectivity index (χ4v) is 3.70. The van der Waals surface area contributed by atoms with E-state index in [1.165, 1.54) is 0 Å². The number of carbonyl (C=O) groups is 1. The largest absolute Gasteiger partial charge is 0.364 e. The van der Waals surface area contributed by atoms with Gasteiger partial charge in [-0.1, -0.05) is 13.0 Å². The number of Topliss-reactive ketones (excluding diaryl/α,β-unsaturated/α-hetero) is 1. The first-order valence-corrected chi connectivity index (χ1v) is 9.14. The fraction of sp³-hybridized carbons (Fsp3) is 0.400. The Balaban J connectivity index is 1.74. The van der Waals surface area contributed by atoms with Gasteiger partial charge in [0.15, 0.2) is 11.6 Å². The predicted molar refractivity (Wildman–Crippen MR) is 104 cm³/mol. The quantitative estimate of drug-likeness (QED) is 0.817. The molecule has 0 saturated carbocycles. The minimum Gasteiger partial charge on any atom is -0.364 e. The Labute approximate surface area is 158 Å². The minimum atomic E-state index is 0.00862.